The van der Waals surface area contributed by atoms with Gasteiger partial charge < -0.3 is 19.5 Å². The van der Waals surface area contributed by atoms with Gasteiger partial charge in [0.1, 0.15) is 0 Å². The molecule has 1 aromatic carbocycles. The van der Waals surface area contributed by atoms with Crippen LogP contribution in [0.4, 0.5) is 0 Å². The number of carbonyl (C=O) groups excluding carboxylic acids is 1. The monoisotopic (exact) mass is 342 g/mol. The number of nitrogens with zero attached hydrogens (tertiary/aromatic N) is 3. The van der Waals surface area contributed by atoms with Gasteiger partial charge in [-0.15, -0.1) is 0 Å². The van der Waals surface area contributed by atoms with Crippen molar-refractivity contribution in [1.82, 2.24) is 19.8 Å². The highest BCUT2D eigenvalue weighted by Crippen LogP contribution is 2.23. The number of hydrogen-bond acceptors (Lipinski definition) is 4. The van der Waals surface area contributed by atoms with Gasteiger partial charge in [-0.05, 0) is 43.9 Å². The first kappa shape index (κ1) is 16.5. The largest absolute Gasteiger partial charge is 0.381 e. The SMILES string of the molecule is COC1CCN(C2CCN(C(=O)c3ccc4nc[nH]c4c3)CC2)CC1. The number of likely N-dealkylation sites (tertiary alicyclic amines) is 2. The van der Waals surface area contributed by atoms with Crippen LogP contribution in [0.3, 0.4) is 0 Å². The smallest absolute Gasteiger partial charge is 0.253 e. The van der Waals surface area contributed by atoms with Crippen LogP contribution in [-0.2, 0) is 4.74 Å². The number of rotatable bonds is 3. The number of methoxy groups -OCH3 is 1. The van der Waals surface area contributed by atoms with Crippen LogP contribution in [-0.4, -0.2) is 71.1 Å². The highest BCUT2D eigenvalue weighted by atomic mass is 16.5. The fourth-order valence-electron chi connectivity index (χ4n) is 4.16. The summed E-state index contributed by atoms with van der Waals surface area (Å²) in [6.07, 6.45) is 6.47. The normalized spacial score (nSPS) is 21.1. The topological polar surface area (TPSA) is 61.5 Å². The lowest BCUT2D eigenvalue weighted by molar-refractivity contribution is 0.0145. The molecule has 4 rings (SSSR count). The Labute approximate surface area is 148 Å². The molecule has 0 saturated carbocycles. The molecule has 0 radical (unpaired) electrons. The molecule has 134 valence electrons. The minimum atomic E-state index is 0.132. The summed E-state index contributed by atoms with van der Waals surface area (Å²) in [5, 5.41) is 0. The van der Waals surface area contributed by atoms with Gasteiger partial charge in [0.05, 0.1) is 23.5 Å². The lowest BCUT2D eigenvalue weighted by atomic mass is 9.98. The van der Waals surface area contributed by atoms with Crippen molar-refractivity contribution in [3.05, 3.63) is 30.1 Å². The summed E-state index contributed by atoms with van der Waals surface area (Å²) in [4.78, 5) is 24.7. The maximum absolute atomic E-state index is 12.8. The van der Waals surface area contributed by atoms with Gasteiger partial charge in [0.15, 0.2) is 0 Å². The summed E-state index contributed by atoms with van der Waals surface area (Å²) in [5.74, 6) is 0.132. The molecule has 3 heterocycles. The van der Waals surface area contributed by atoms with E-state index in [1.165, 1.54) is 0 Å². The molecule has 2 saturated heterocycles. The standard InChI is InChI=1S/C19H26N4O2/c1-25-16-6-10-22(11-7-16)15-4-8-23(9-5-15)19(24)14-2-3-17-18(12-14)21-13-20-17/h2-3,12-13,15-16H,4-11H2,1H3,(H,20,21). The first-order chi connectivity index (χ1) is 12.2. The number of aromatic amines is 1. The van der Waals surface area contributed by atoms with E-state index in [1.807, 2.05) is 30.2 Å². The van der Waals surface area contributed by atoms with E-state index in [0.29, 0.717) is 12.1 Å². The van der Waals surface area contributed by atoms with Crippen LogP contribution in [0, 0.1) is 0 Å². The molecule has 6 heteroatoms. The number of aromatic nitrogens is 2. The Balaban J connectivity index is 1.34. The first-order valence-electron chi connectivity index (χ1n) is 9.24. The predicted molar refractivity (Wildman–Crippen MR) is 96.6 cm³/mol. The summed E-state index contributed by atoms with van der Waals surface area (Å²) >= 11 is 0. The lowest BCUT2D eigenvalue weighted by Gasteiger charge is -2.41. The van der Waals surface area contributed by atoms with Crippen LogP contribution < -0.4 is 0 Å². The molecule has 0 spiro atoms. The molecular formula is C19H26N4O2. The van der Waals surface area contributed by atoms with E-state index >= 15 is 0 Å². The second-order valence-electron chi connectivity index (χ2n) is 7.13. The summed E-state index contributed by atoms with van der Waals surface area (Å²) in [5.41, 5.74) is 2.56. The molecule has 25 heavy (non-hydrogen) atoms. The van der Waals surface area contributed by atoms with Crippen molar-refractivity contribution in [2.45, 2.75) is 37.8 Å². The van der Waals surface area contributed by atoms with Crippen molar-refractivity contribution in [1.29, 1.82) is 0 Å². The Bertz CT molecular complexity index is 728. The minimum Gasteiger partial charge on any atom is -0.381 e. The predicted octanol–water partition coefficient (Wildman–Crippen LogP) is 2.28. The Hall–Kier alpha value is -1.92. The number of carbonyl (C=O) groups is 1. The number of hydrogen-bond donors (Lipinski definition) is 1. The van der Waals surface area contributed by atoms with Crippen molar-refractivity contribution in [3.63, 3.8) is 0 Å². The summed E-state index contributed by atoms with van der Waals surface area (Å²) < 4.78 is 5.46. The summed E-state index contributed by atoms with van der Waals surface area (Å²) in [6, 6.07) is 6.31. The molecular weight excluding hydrogens is 316 g/mol. The molecule has 2 aromatic rings. The Morgan fingerprint density at radius 1 is 1.16 bits per heavy atom. The highest BCUT2D eigenvalue weighted by Gasteiger charge is 2.30. The molecule has 6 nitrogen and oxygen atoms in total. The van der Waals surface area contributed by atoms with Gasteiger partial charge in [-0.2, -0.15) is 0 Å². The van der Waals surface area contributed by atoms with Gasteiger partial charge in [0.25, 0.3) is 5.91 Å². The van der Waals surface area contributed by atoms with Crippen LogP contribution in [0.2, 0.25) is 0 Å². The second-order valence-corrected chi connectivity index (χ2v) is 7.13. The average molecular weight is 342 g/mol. The van der Waals surface area contributed by atoms with Gasteiger partial charge in [-0.1, -0.05) is 0 Å². The van der Waals surface area contributed by atoms with Gasteiger partial charge in [-0.25, -0.2) is 4.98 Å². The van der Waals surface area contributed by atoms with E-state index in [9.17, 15) is 4.79 Å². The van der Waals surface area contributed by atoms with Crippen LogP contribution in [0.25, 0.3) is 11.0 Å². The van der Waals surface area contributed by atoms with E-state index in [4.69, 9.17) is 4.74 Å². The van der Waals surface area contributed by atoms with Gasteiger partial charge in [0.2, 0.25) is 0 Å². The average Bonchev–Trinajstić information content (AvgIpc) is 3.15. The zero-order valence-corrected chi connectivity index (χ0v) is 14.8. The molecule has 1 amide bonds. The molecule has 0 unspecified atom stereocenters. The highest BCUT2D eigenvalue weighted by molar-refractivity contribution is 5.97. The number of nitrogens with one attached hydrogen (secondary N) is 1. The second kappa shape index (κ2) is 7.14. The molecule has 2 aliphatic rings. The Kier molecular flexibility index (Phi) is 4.72. The minimum absolute atomic E-state index is 0.132. The first-order valence-corrected chi connectivity index (χ1v) is 9.24. The van der Waals surface area contributed by atoms with E-state index < -0.39 is 0 Å². The van der Waals surface area contributed by atoms with E-state index in [2.05, 4.69) is 14.9 Å². The Morgan fingerprint density at radius 2 is 1.92 bits per heavy atom. The van der Waals surface area contributed by atoms with Crippen LogP contribution in [0.15, 0.2) is 24.5 Å². The molecule has 1 N–H and O–H groups in total. The maximum Gasteiger partial charge on any atom is 0.253 e. The lowest BCUT2D eigenvalue weighted by Crippen LogP contribution is -2.49. The number of imidazole rings is 1. The van der Waals surface area contributed by atoms with Crippen molar-refractivity contribution in [2.75, 3.05) is 33.3 Å². The molecule has 0 atom stereocenters. The van der Waals surface area contributed by atoms with Crippen molar-refractivity contribution >= 4 is 16.9 Å². The molecule has 1 aromatic heterocycles. The number of benzene rings is 1. The van der Waals surface area contributed by atoms with Crippen LogP contribution in [0.5, 0.6) is 0 Å². The van der Waals surface area contributed by atoms with Crippen LogP contribution in [0.1, 0.15) is 36.0 Å². The van der Waals surface area contributed by atoms with Gasteiger partial charge in [0, 0.05) is 44.9 Å². The molecule has 2 fully saturated rings. The third-order valence-corrected chi connectivity index (χ3v) is 5.75. The Morgan fingerprint density at radius 3 is 2.64 bits per heavy atom. The van der Waals surface area contributed by atoms with E-state index in [1.54, 1.807) is 6.33 Å². The fraction of sp³-hybridized carbons (Fsp3) is 0.579. The van der Waals surface area contributed by atoms with E-state index in [-0.39, 0.29) is 5.91 Å². The molecule has 0 aliphatic carbocycles. The quantitative estimate of drug-likeness (QED) is 0.930. The summed E-state index contributed by atoms with van der Waals surface area (Å²) in [7, 11) is 1.81. The van der Waals surface area contributed by atoms with Crippen molar-refractivity contribution in [2.24, 2.45) is 0 Å². The number of H-pyrrole nitrogens is 1. The number of piperidine rings is 2. The van der Waals surface area contributed by atoms with Gasteiger partial charge >= 0.3 is 0 Å². The van der Waals surface area contributed by atoms with E-state index in [0.717, 1.165) is 68.5 Å². The van der Waals surface area contributed by atoms with Crippen molar-refractivity contribution in [3.8, 4) is 0 Å². The fourth-order valence-corrected chi connectivity index (χ4v) is 4.16. The summed E-state index contributed by atoms with van der Waals surface area (Å²) in [6.45, 7) is 3.92. The third-order valence-electron chi connectivity index (χ3n) is 5.75. The zero-order valence-electron chi connectivity index (χ0n) is 14.8. The zero-order chi connectivity index (χ0) is 17.2. The number of ether oxygens (including phenoxy) is 1. The third kappa shape index (κ3) is 3.41. The molecule has 2 aliphatic heterocycles. The van der Waals surface area contributed by atoms with Crippen LogP contribution >= 0.6 is 0 Å². The maximum atomic E-state index is 12.8. The number of fused-ring (bicyclic) bond motifs is 1. The molecule has 0 bridgehead atoms. The number of amides is 1. The van der Waals surface area contributed by atoms with Gasteiger partial charge in [-0.3, -0.25) is 4.79 Å². The van der Waals surface area contributed by atoms with Crippen molar-refractivity contribution < 1.29 is 9.53 Å².